The fourth-order valence-electron chi connectivity index (χ4n) is 1.36. The van der Waals surface area contributed by atoms with E-state index < -0.39 is 0 Å². The van der Waals surface area contributed by atoms with Gasteiger partial charge in [0.25, 0.3) is 0 Å². The molecular weight excluding hydrogens is 691 g/mol. The standard InChI is InChI=1S/C10H24N4.CH3.2ClH.3H2N.2Pt/c11-5-3-9-13-7-1-2-8-14-10-4-6-12;;;;;;;;/h11-14H,1-10H2;1H3;2*1H;3*1H2;;/q-2;-1;;;3*-1;2*+2. The van der Waals surface area contributed by atoms with Crippen molar-refractivity contribution in [3.8, 4) is 0 Å². The van der Waals surface area contributed by atoms with E-state index in [0.29, 0.717) is 13.1 Å². The van der Waals surface area contributed by atoms with Crippen molar-refractivity contribution in [1.82, 2.24) is 0 Å². The number of quaternary nitrogens is 2. The van der Waals surface area contributed by atoms with Gasteiger partial charge in [0.15, 0.2) is 0 Å². The van der Waals surface area contributed by atoms with E-state index in [4.69, 9.17) is 11.5 Å². The van der Waals surface area contributed by atoms with Crippen molar-refractivity contribution in [1.29, 1.82) is 0 Å². The number of hydrogen-bond acceptors (Lipinski definition) is 0. The van der Waals surface area contributed by atoms with Crippen LogP contribution in [0.4, 0.5) is 0 Å². The fourth-order valence-corrected chi connectivity index (χ4v) is 1.36. The SMILES string of the molecule is [CH3-].[Cl][Pt+].[Cl][Pt+].[NH-]CCC[NH2+]CCCC[NH2+]CCC[NH-].[NH2-].[NH2-].[NH2-]. The minimum absolute atomic E-state index is 0. The second-order valence-electron chi connectivity index (χ2n) is 3.65. The van der Waals surface area contributed by atoms with Crippen molar-refractivity contribution < 1.29 is 48.2 Å². The minimum Gasteiger partial charge on any atom is -0.693 e. The number of unbranched alkanes of at least 4 members (excludes halogenated alkanes) is 1. The normalized spacial score (nSPS) is 7.45. The van der Waals surface area contributed by atoms with Crippen LogP contribution in [0.2, 0.25) is 0 Å². The van der Waals surface area contributed by atoms with Gasteiger partial charge in [-0.15, -0.1) is 13.1 Å². The molecule has 0 saturated carbocycles. The first-order valence-electron chi connectivity index (χ1n) is 6.08. The molecule has 0 fully saturated rings. The van der Waals surface area contributed by atoms with E-state index in [1.54, 1.807) is 37.5 Å². The van der Waals surface area contributed by atoms with Gasteiger partial charge in [0.1, 0.15) is 0 Å². The van der Waals surface area contributed by atoms with Crippen LogP contribution in [0.5, 0.6) is 0 Å². The largest absolute Gasteiger partial charge is 0.693 e. The van der Waals surface area contributed by atoms with Gasteiger partial charge >= 0.3 is 56.4 Å². The van der Waals surface area contributed by atoms with Crippen LogP contribution in [0.3, 0.4) is 0 Å². The molecule has 0 aliphatic heterocycles. The number of nitrogens with two attached hydrogens (primary N) is 5. The topological polar surface area (TPSA) is 181 Å². The second-order valence-corrected chi connectivity index (χ2v) is 3.65. The van der Waals surface area contributed by atoms with Crippen LogP contribution >= 0.6 is 18.8 Å². The van der Waals surface area contributed by atoms with Crippen LogP contribution in [-0.2, 0) is 37.5 Å². The van der Waals surface area contributed by atoms with Crippen LogP contribution < -0.4 is 10.6 Å². The van der Waals surface area contributed by atoms with Crippen molar-refractivity contribution in [3.63, 3.8) is 0 Å². The van der Waals surface area contributed by atoms with Gasteiger partial charge in [-0.1, -0.05) is 0 Å². The zero-order chi connectivity index (χ0) is 14.5. The first kappa shape index (κ1) is 43.8. The van der Waals surface area contributed by atoms with E-state index in [-0.39, 0.29) is 25.9 Å². The monoisotopic (exact) mass is 725 g/mol. The van der Waals surface area contributed by atoms with Crippen LogP contribution in [0.15, 0.2) is 0 Å². The molecule has 0 aliphatic rings. The molecule has 0 aromatic carbocycles. The number of halogens is 2. The molecule has 0 aliphatic carbocycles. The third kappa shape index (κ3) is 57.7. The summed E-state index contributed by atoms with van der Waals surface area (Å²) in [7, 11) is 9.22. The van der Waals surface area contributed by atoms with Crippen LogP contribution in [0, 0.1) is 7.43 Å². The summed E-state index contributed by atoms with van der Waals surface area (Å²) in [6.45, 7) is 5.80. The van der Waals surface area contributed by atoms with Gasteiger partial charge in [-0.25, -0.2) is 0 Å². The molecule has 0 spiro atoms. The average Bonchev–Trinajstić information content (AvgIpc) is 2.45. The summed E-state index contributed by atoms with van der Waals surface area (Å²) in [4.78, 5) is 0. The Labute approximate surface area is 168 Å². The summed E-state index contributed by atoms with van der Waals surface area (Å²) in [5, 5.41) is 4.64. The Kier molecular flexibility index (Phi) is 113. The summed E-state index contributed by atoms with van der Waals surface area (Å²) >= 11 is 3.22. The van der Waals surface area contributed by atoms with Crippen LogP contribution in [-0.4, -0.2) is 39.3 Å². The van der Waals surface area contributed by atoms with Gasteiger partial charge in [0.2, 0.25) is 0 Å². The first-order chi connectivity index (χ1) is 8.91. The summed E-state index contributed by atoms with van der Waals surface area (Å²) in [5.41, 5.74) is 13.9. The number of hydrogen-bond donors (Lipinski definition) is 2. The van der Waals surface area contributed by atoms with Crippen molar-refractivity contribution in [2.45, 2.75) is 25.7 Å². The zero-order valence-corrected chi connectivity index (χ0v) is 19.4. The van der Waals surface area contributed by atoms with Gasteiger partial charge in [-0.3, -0.25) is 0 Å². The molecule has 150 valence electrons. The molecule has 22 heavy (non-hydrogen) atoms. The molecule has 0 unspecified atom stereocenters. The van der Waals surface area contributed by atoms with Crippen molar-refractivity contribution in [2.24, 2.45) is 0 Å². The van der Waals surface area contributed by atoms with Gasteiger partial charge in [-0.05, 0) is 12.8 Å². The van der Waals surface area contributed by atoms with E-state index in [1.165, 1.54) is 25.9 Å². The number of nitrogens with one attached hydrogen (secondary N) is 2. The Hall–Kier alpha value is 1.68. The van der Waals surface area contributed by atoms with Crippen LogP contribution in [0.1, 0.15) is 25.7 Å². The fraction of sp³-hybridized carbons (Fsp3) is 0.909. The molecule has 0 atom stereocenters. The molecule has 12 N–H and O–H groups in total. The maximum atomic E-state index is 6.97. The molecule has 0 amide bonds. The average molecular weight is 727 g/mol. The maximum absolute atomic E-state index is 6.97. The molecule has 0 rings (SSSR count). The summed E-state index contributed by atoms with van der Waals surface area (Å²) in [6, 6.07) is 0. The van der Waals surface area contributed by atoms with Crippen molar-refractivity contribution in [3.05, 3.63) is 37.3 Å². The van der Waals surface area contributed by atoms with Gasteiger partial charge in [0.05, 0.1) is 26.2 Å². The Balaban J connectivity index is -0.0000000517. The van der Waals surface area contributed by atoms with Gasteiger partial charge in [0, 0.05) is 12.8 Å². The molecule has 0 aromatic heterocycles. The predicted molar refractivity (Wildman–Crippen MR) is 94.1 cm³/mol. The van der Waals surface area contributed by atoms with E-state index in [2.05, 4.69) is 29.5 Å². The van der Waals surface area contributed by atoms with E-state index in [0.717, 1.165) is 25.9 Å². The Morgan fingerprint density at radius 2 is 0.818 bits per heavy atom. The Morgan fingerprint density at radius 3 is 1.05 bits per heavy atom. The summed E-state index contributed by atoms with van der Waals surface area (Å²) < 4.78 is 0. The molecule has 0 aromatic rings. The van der Waals surface area contributed by atoms with E-state index in [9.17, 15) is 0 Å². The zero-order valence-electron chi connectivity index (χ0n) is 13.3. The molecule has 0 radical (unpaired) electrons. The van der Waals surface area contributed by atoms with E-state index in [1.807, 2.05) is 0 Å². The summed E-state index contributed by atoms with van der Waals surface area (Å²) in [6.07, 6.45) is 4.62. The Morgan fingerprint density at radius 1 is 0.591 bits per heavy atom. The third-order valence-corrected chi connectivity index (χ3v) is 2.24. The van der Waals surface area contributed by atoms with Crippen molar-refractivity contribution >= 4 is 18.8 Å². The smallest absolute Gasteiger partial charge is 0.0757 e. The summed E-state index contributed by atoms with van der Waals surface area (Å²) in [5.74, 6) is 0. The number of rotatable bonds is 11. The quantitative estimate of drug-likeness (QED) is 0.233. The molecule has 0 bridgehead atoms. The molecule has 0 heterocycles. The molecule has 0 saturated heterocycles. The van der Waals surface area contributed by atoms with Crippen LogP contribution in [0.25, 0.3) is 29.9 Å². The maximum Gasteiger partial charge on any atom is 0.0757 e. The molecular formula is C11H35Cl2N7Pt2-2. The molecule has 11 heteroatoms. The van der Waals surface area contributed by atoms with Gasteiger partial charge < -0.3 is 48.0 Å². The Bertz CT molecular complexity index is 110. The molecule has 7 nitrogen and oxygen atoms in total. The third-order valence-electron chi connectivity index (χ3n) is 2.24. The van der Waals surface area contributed by atoms with Crippen molar-refractivity contribution in [2.75, 3.05) is 39.3 Å². The predicted octanol–water partition coefficient (Wildman–Crippen LogP) is 3.75. The second kappa shape index (κ2) is 57.0. The van der Waals surface area contributed by atoms with E-state index >= 15 is 0 Å². The minimum atomic E-state index is 0. The van der Waals surface area contributed by atoms with Gasteiger partial charge in [-0.2, -0.15) is 0 Å². The first-order valence-corrected chi connectivity index (χ1v) is 11.7.